The molecule has 3 N–H and O–H groups in total. The number of aromatic nitrogens is 4. The van der Waals surface area contributed by atoms with Gasteiger partial charge in [-0.3, -0.25) is 5.10 Å². The Morgan fingerprint density at radius 1 is 1.00 bits per heavy atom. The lowest BCUT2D eigenvalue weighted by Crippen LogP contribution is -2.47. The van der Waals surface area contributed by atoms with Crippen molar-refractivity contribution in [3.63, 3.8) is 0 Å². The van der Waals surface area contributed by atoms with E-state index in [2.05, 4.69) is 38.0 Å². The van der Waals surface area contributed by atoms with E-state index in [0.29, 0.717) is 11.5 Å². The first-order valence-electron chi connectivity index (χ1n) is 12.6. The Bertz CT molecular complexity index is 1190. The SMILES string of the molecule is NC1CCCC12CCN(c1cnc3c(N4CCN5CCCc6cccc4c65)n[nH]c3n1)CC2. The number of anilines is 4. The van der Waals surface area contributed by atoms with Crippen molar-refractivity contribution < 1.29 is 0 Å². The molecule has 2 aromatic heterocycles. The molecular weight excluding hydrogens is 412 g/mol. The van der Waals surface area contributed by atoms with Crippen LogP contribution in [0.25, 0.3) is 11.2 Å². The zero-order chi connectivity index (χ0) is 22.0. The quantitative estimate of drug-likeness (QED) is 0.626. The average molecular weight is 445 g/mol. The van der Waals surface area contributed by atoms with Gasteiger partial charge < -0.3 is 20.4 Å². The van der Waals surface area contributed by atoms with Crippen LogP contribution in [0.2, 0.25) is 0 Å². The number of hydrogen-bond donors (Lipinski definition) is 2. The van der Waals surface area contributed by atoms with Gasteiger partial charge in [0, 0.05) is 38.8 Å². The first-order valence-corrected chi connectivity index (χ1v) is 12.6. The number of rotatable bonds is 2. The zero-order valence-corrected chi connectivity index (χ0v) is 19.1. The number of H-pyrrole nitrogens is 1. The molecule has 2 fully saturated rings. The topological polar surface area (TPSA) is 90.2 Å². The van der Waals surface area contributed by atoms with Gasteiger partial charge in [0.2, 0.25) is 0 Å². The van der Waals surface area contributed by atoms with E-state index >= 15 is 0 Å². The van der Waals surface area contributed by atoms with Crippen LogP contribution in [0.15, 0.2) is 24.4 Å². The molecule has 5 heterocycles. The van der Waals surface area contributed by atoms with E-state index in [1.807, 2.05) is 6.20 Å². The molecule has 1 atom stereocenters. The average Bonchev–Trinajstić information content (AvgIpc) is 3.43. The third-order valence-electron chi connectivity index (χ3n) is 8.73. The number of nitrogens with one attached hydrogen (secondary N) is 1. The summed E-state index contributed by atoms with van der Waals surface area (Å²) in [7, 11) is 0. The van der Waals surface area contributed by atoms with Gasteiger partial charge in [0.05, 0.1) is 17.6 Å². The number of hydrogen-bond acceptors (Lipinski definition) is 7. The lowest BCUT2D eigenvalue weighted by Gasteiger charge is -2.42. The first-order chi connectivity index (χ1) is 16.2. The normalized spacial score (nSPS) is 24.0. The van der Waals surface area contributed by atoms with Crippen LogP contribution in [-0.2, 0) is 6.42 Å². The highest BCUT2D eigenvalue weighted by Crippen LogP contribution is 2.46. The third kappa shape index (κ3) is 2.96. The Kier molecular flexibility index (Phi) is 4.34. The molecule has 1 saturated carbocycles. The molecule has 3 aromatic rings. The molecule has 1 aromatic carbocycles. The maximum absolute atomic E-state index is 6.47. The number of aromatic amines is 1. The monoisotopic (exact) mass is 444 g/mol. The standard InChI is InChI=1S/C25H32N8/c26-19-7-2-8-25(19)9-12-31(13-10-25)20-16-27-21-23(28-20)29-30-24(21)33-15-14-32-11-3-5-17-4-1-6-18(33)22(17)32/h1,4,6,16,19H,2-3,5,7-15,26H2,(H,28,29,30). The molecule has 1 spiro atoms. The predicted molar refractivity (Wildman–Crippen MR) is 131 cm³/mol. The highest BCUT2D eigenvalue weighted by atomic mass is 15.3. The fraction of sp³-hybridized carbons (Fsp3) is 0.560. The minimum atomic E-state index is 0.353. The summed E-state index contributed by atoms with van der Waals surface area (Å²) in [4.78, 5) is 17.0. The van der Waals surface area contributed by atoms with Gasteiger partial charge >= 0.3 is 0 Å². The Balaban J connectivity index is 1.18. The van der Waals surface area contributed by atoms with Gasteiger partial charge in [-0.1, -0.05) is 18.6 Å². The molecule has 172 valence electrons. The van der Waals surface area contributed by atoms with Crippen LogP contribution in [0.5, 0.6) is 0 Å². The largest absolute Gasteiger partial charge is 0.368 e. The maximum atomic E-state index is 6.47. The third-order valence-corrected chi connectivity index (χ3v) is 8.73. The summed E-state index contributed by atoms with van der Waals surface area (Å²) < 4.78 is 0. The molecule has 0 bridgehead atoms. The van der Waals surface area contributed by atoms with Crippen molar-refractivity contribution in [3.05, 3.63) is 30.0 Å². The summed E-state index contributed by atoms with van der Waals surface area (Å²) in [5.74, 6) is 1.83. The second-order valence-corrected chi connectivity index (χ2v) is 10.3. The van der Waals surface area contributed by atoms with Gasteiger partial charge in [-0.05, 0) is 55.6 Å². The predicted octanol–water partition coefficient (Wildman–Crippen LogP) is 3.36. The lowest BCUT2D eigenvalue weighted by molar-refractivity contribution is 0.197. The highest BCUT2D eigenvalue weighted by Gasteiger charge is 2.43. The van der Waals surface area contributed by atoms with Gasteiger partial charge in [0.25, 0.3) is 0 Å². The Labute approximate surface area is 194 Å². The molecule has 8 nitrogen and oxygen atoms in total. The van der Waals surface area contributed by atoms with Crippen molar-refractivity contribution in [2.24, 2.45) is 11.1 Å². The van der Waals surface area contributed by atoms with E-state index in [-0.39, 0.29) is 0 Å². The van der Waals surface area contributed by atoms with Crippen molar-refractivity contribution in [1.29, 1.82) is 0 Å². The maximum Gasteiger partial charge on any atom is 0.183 e. The fourth-order valence-electron chi connectivity index (χ4n) is 6.81. The van der Waals surface area contributed by atoms with E-state index in [4.69, 9.17) is 20.8 Å². The number of nitrogens with two attached hydrogens (primary N) is 1. The van der Waals surface area contributed by atoms with Crippen LogP contribution in [0.4, 0.5) is 23.0 Å². The molecule has 3 aliphatic heterocycles. The van der Waals surface area contributed by atoms with Crippen LogP contribution in [0.1, 0.15) is 44.1 Å². The molecule has 7 rings (SSSR count). The van der Waals surface area contributed by atoms with Gasteiger partial charge in [-0.2, -0.15) is 5.10 Å². The number of benzene rings is 1. The van der Waals surface area contributed by atoms with E-state index in [0.717, 1.165) is 74.8 Å². The fourth-order valence-corrected chi connectivity index (χ4v) is 6.81. The van der Waals surface area contributed by atoms with Crippen LogP contribution in [0.3, 0.4) is 0 Å². The van der Waals surface area contributed by atoms with E-state index < -0.39 is 0 Å². The Hall–Kier alpha value is -2.87. The smallest absolute Gasteiger partial charge is 0.183 e. The number of para-hydroxylation sites is 1. The lowest BCUT2D eigenvalue weighted by atomic mass is 9.74. The number of fused-ring (bicyclic) bond motifs is 1. The van der Waals surface area contributed by atoms with Crippen molar-refractivity contribution in [1.82, 2.24) is 20.2 Å². The van der Waals surface area contributed by atoms with Crippen LogP contribution < -0.4 is 20.4 Å². The van der Waals surface area contributed by atoms with Crippen molar-refractivity contribution in [2.75, 3.05) is 47.4 Å². The summed E-state index contributed by atoms with van der Waals surface area (Å²) in [6.45, 7) is 5.08. The molecule has 4 aliphatic rings. The number of nitrogens with zero attached hydrogens (tertiary/aromatic N) is 6. The first kappa shape index (κ1) is 19.6. The summed E-state index contributed by atoms with van der Waals surface area (Å²) in [5.41, 5.74) is 12.5. The van der Waals surface area contributed by atoms with Crippen LogP contribution in [0, 0.1) is 5.41 Å². The molecular formula is C25H32N8. The highest BCUT2D eigenvalue weighted by molar-refractivity contribution is 5.91. The van der Waals surface area contributed by atoms with Gasteiger partial charge in [-0.25, -0.2) is 9.97 Å². The molecule has 8 heteroatoms. The number of piperidine rings is 1. The molecule has 0 radical (unpaired) electrons. The zero-order valence-electron chi connectivity index (χ0n) is 19.1. The Morgan fingerprint density at radius 3 is 2.76 bits per heavy atom. The van der Waals surface area contributed by atoms with Gasteiger partial charge in [-0.15, -0.1) is 0 Å². The minimum absolute atomic E-state index is 0.353. The van der Waals surface area contributed by atoms with Crippen LogP contribution in [-0.4, -0.2) is 58.9 Å². The molecule has 33 heavy (non-hydrogen) atoms. The molecule has 1 aliphatic carbocycles. The molecule has 1 saturated heterocycles. The summed E-state index contributed by atoms with van der Waals surface area (Å²) in [5, 5.41) is 7.87. The second kappa shape index (κ2) is 7.32. The van der Waals surface area contributed by atoms with Crippen molar-refractivity contribution >= 4 is 34.2 Å². The molecule has 0 amide bonds. The van der Waals surface area contributed by atoms with Crippen molar-refractivity contribution in [2.45, 2.75) is 51.0 Å². The van der Waals surface area contributed by atoms with Crippen molar-refractivity contribution in [3.8, 4) is 0 Å². The van der Waals surface area contributed by atoms with Gasteiger partial charge in [0.1, 0.15) is 5.82 Å². The van der Waals surface area contributed by atoms with E-state index in [9.17, 15) is 0 Å². The second-order valence-electron chi connectivity index (χ2n) is 10.3. The van der Waals surface area contributed by atoms with Crippen LogP contribution >= 0.6 is 0 Å². The summed E-state index contributed by atoms with van der Waals surface area (Å²) in [6.07, 6.45) is 10.4. The minimum Gasteiger partial charge on any atom is -0.368 e. The molecule has 1 unspecified atom stereocenters. The summed E-state index contributed by atoms with van der Waals surface area (Å²) >= 11 is 0. The Morgan fingerprint density at radius 2 is 1.91 bits per heavy atom. The van der Waals surface area contributed by atoms with E-state index in [1.54, 1.807) is 0 Å². The van der Waals surface area contributed by atoms with E-state index in [1.165, 1.54) is 42.6 Å². The number of aryl methyl sites for hydroxylation is 1. The van der Waals surface area contributed by atoms with Gasteiger partial charge in [0.15, 0.2) is 17.0 Å². The summed E-state index contributed by atoms with van der Waals surface area (Å²) in [6, 6.07) is 7.03.